The second-order valence-electron chi connectivity index (χ2n) is 6.59. The minimum Gasteiger partial charge on any atom is -0.338 e. The van der Waals surface area contributed by atoms with E-state index in [-0.39, 0.29) is 10.8 Å². The first-order chi connectivity index (χ1) is 12.3. The number of benzene rings is 2. The van der Waals surface area contributed by atoms with Crippen LogP contribution in [-0.4, -0.2) is 44.2 Å². The van der Waals surface area contributed by atoms with E-state index in [1.807, 2.05) is 18.2 Å². The van der Waals surface area contributed by atoms with Crippen LogP contribution in [0.4, 0.5) is 0 Å². The highest BCUT2D eigenvalue weighted by molar-refractivity contribution is 7.89. The molecule has 0 saturated heterocycles. The van der Waals surface area contributed by atoms with E-state index in [2.05, 4.69) is 0 Å². The standard InChI is InChI=1S/C19H21ClN2O3S/c1-21(2)26(24,25)18-8-5-15-9-10-22(13-16(15)12-18)19(23)11-14-3-6-17(20)7-4-14/h3-8,12H,9-11,13H2,1-2H3. The number of hydrogen-bond donors (Lipinski definition) is 0. The normalized spacial score (nSPS) is 14.4. The molecular formula is C19H21ClN2O3S. The summed E-state index contributed by atoms with van der Waals surface area (Å²) >= 11 is 5.88. The Hall–Kier alpha value is -1.89. The maximum absolute atomic E-state index is 12.6. The highest BCUT2D eigenvalue weighted by Crippen LogP contribution is 2.24. The number of carbonyl (C=O) groups is 1. The summed E-state index contributed by atoms with van der Waals surface area (Å²) in [5.74, 6) is 0.0267. The Labute approximate surface area is 159 Å². The van der Waals surface area contributed by atoms with Gasteiger partial charge in [-0.05, 0) is 47.4 Å². The predicted octanol–water partition coefficient (Wildman–Crippen LogP) is 2.72. The molecule has 0 aromatic heterocycles. The molecule has 0 spiro atoms. The van der Waals surface area contributed by atoms with E-state index < -0.39 is 10.0 Å². The molecule has 2 aromatic carbocycles. The largest absolute Gasteiger partial charge is 0.338 e. The van der Waals surface area contributed by atoms with Gasteiger partial charge in [-0.15, -0.1) is 0 Å². The van der Waals surface area contributed by atoms with Crippen LogP contribution in [0.2, 0.25) is 5.02 Å². The van der Waals surface area contributed by atoms with Crippen molar-refractivity contribution in [1.29, 1.82) is 0 Å². The molecule has 7 heteroatoms. The fourth-order valence-corrected chi connectivity index (χ4v) is 4.09. The van der Waals surface area contributed by atoms with Crippen LogP contribution in [0.25, 0.3) is 0 Å². The van der Waals surface area contributed by atoms with E-state index in [4.69, 9.17) is 11.6 Å². The summed E-state index contributed by atoms with van der Waals surface area (Å²) in [7, 11) is -0.462. The molecule has 1 aliphatic heterocycles. The third-order valence-electron chi connectivity index (χ3n) is 4.59. The Morgan fingerprint density at radius 1 is 1.12 bits per heavy atom. The lowest BCUT2D eigenvalue weighted by Crippen LogP contribution is -2.37. The average Bonchev–Trinajstić information content (AvgIpc) is 2.62. The monoisotopic (exact) mass is 392 g/mol. The van der Waals surface area contributed by atoms with Crippen LogP contribution in [0.5, 0.6) is 0 Å². The van der Waals surface area contributed by atoms with Gasteiger partial charge < -0.3 is 4.90 Å². The van der Waals surface area contributed by atoms with Crippen LogP contribution in [0.1, 0.15) is 16.7 Å². The van der Waals surface area contributed by atoms with E-state index in [1.54, 1.807) is 29.2 Å². The van der Waals surface area contributed by atoms with Crippen LogP contribution in [0.3, 0.4) is 0 Å². The summed E-state index contributed by atoms with van der Waals surface area (Å²) in [5, 5.41) is 0.641. The zero-order valence-corrected chi connectivity index (χ0v) is 16.3. The molecule has 0 saturated carbocycles. The number of rotatable bonds is 4. The number of sulfonamides is 1. The highest BCUT2D eigenvalue weighted by atomic mass is 35.5. The fourth-order valence-electron chi connectivity index (χ4n) is 3.01. The molecule has 138 valence electrons. The molecule has 0 unspecified atom stereocenters. The predicted molar refractivity (Wildman–Crippen MR) is 102 cm³/mol. The zero-order valence-electron chi connectivity index (χ0n) is 14.8. The van der Waals surface area contributed by atoms with Gasteiger partial charge in [0.1, 0.15) is 0 Å². The first-order valence-electron chi connectivity index (χ1n) is 8.34. The van der Waals surface area contributed by atoms with E-state index in [0.29, 0.717) is 24.5 Å². The molecule has 1 heterocycles. The van der Waals surface area contributed by atoms with Gasteiger partial charge in [-0.25, -0.2) is 12.7 Å². The van der Waals surface area contributed by atoms with Crippen LogP contribution >= 0.6 is 11.6 Å². The van der Waals surface area contributed by atoms with Gasteiger partial charge in [-0.3, -0.25) is 4.79 Å². The summed E-state index contributed by atoms with van der Waals surface area (Å²) in [5.41, 5.74) is 2.90. The van der Waals surface area contributed by atoms with Crippen LogP contribution in [0, 0.1) is 0 Å². The number of nitrogens with zero attached hydrogens (tertiary/aromatic N) is 2. The summed E-state index contributed by atoms with van der Waals surface area (Å²) in [6.45, 7) is 1.07. The van der Waals surface area contributed by atoms with Gasteiger partial charge in [0, 0.05) is 32.2 Å². The van der Waals surface area contributed by atoms with Gasteiger partial charge in [0.15, 0.2) is 0 Å². The molecule has 2 aromatic rings. The van der Waals surface area contributed by atoms with Gasteiger partial charge in [0.2, 0.25) is 15.9 Å². The molecule has 0 N–H and O–H groups in total. The smallest absolute Gasteiger partial charge is 0.242 e. The Balaban J connectivity index is 1.78. The Kier molecular flexibility index (Phi) is 5.37. The molecule has 0 bridgehead atoms. The van der Waals surface area contributed by atoms with E-state index in [9.17, 15) is 13.2 Å². The van der Waals surface area contributed by atoms with Crippen molar-refractivity contribution in [2.75, 3.05) is 20.6 Å². The Morgan fingerprint density at radius 2 is 1.81 bits per heavy atom. The van der Waals surface area contributed by atoms with Crippen LogP contribution in [-0.2, 0) is 34.2 Å². The quantitative estimate of drug-likeness (QED) is 0.803. The minimum absolute atomic E-state index is 0.0267. The average molecular weight is 393 g/mol. The second-order valence-corrected chi connectivity index (χ2v) is 9.17. The summed E-state index contributed by atoms with van der Waals surface area (Å²) in [6, 6.07) is 12.4. The maximum atomic E-state index is 12.6. The summed E-state index contributed by atoms with van der Waals surface area (Å²) < 4.78 is 25.9. The molecule has 0 aliphatic carbocycles. The van der Waals surface area contributed by atoms with Crippen molar-refractivity contribution in [3.8, 4) is 0 Å². The second kappa shape index (κ2) is 7.39. The van der Waals surface area contributed by atoms with Crippen molar-refractivity contribution in [3.63, 3.8) is 0 Å². The highest BCUT2D eigenvalue weighted by Gasteiger charge is 2.24. The first-order valence-corrected chi connectivity index (χ1v) is 10.2. The minimum atomic E-state index is -3.48. The number of amides is 1. The molecule has 0 fully saturated rings. The van der Waals surface area contributed by atoms with E-state index in [1.165, 1.54) is 18.4 Å². The van der Waals surface area contributed by atoms with Crippen molar-refractivity contribution in [2.24, 2.45) is 0 Å². The van der Waals surface area contributed by atoms with Crippen molar-refractivity contribution in [2.45, 2.75) is 24.3 Å². The molecule has 0 radical (unpaired) electrons. The van der Waals surface area contributed by atoms with Crippen molar-refractivity contribution in [1.82, 2.24) is 9.21 Å². The number of carbonyl (C=O) groups excluding carboxylic acids is 1. The number of halogens is 1. The first kappa shape index (κ1) is 18.9. The van der Waals surface area contributed by atoms with Gasteiger partial charge in [-0.2, -0.15) is 0 Å². The van der Waals surface area contributed by atoms with Gasteiger partial charge in [0.25, 0.3) is 0 Å². The third kappa shape index (κ3) is 3.92. The molecule has 0 atom stereocenters. The molecule has 5 nitrogen and oxygen atoms in total. The lowest BCUT2D eigenvalue weighted by Gasteiger charge is -2.29. The fraction of sp³-hybridized carbons (Fsp3) is 0.316. The van der Waals surface area contributed by atoms with Gasteiger partial charge in [-0.1, -0.05) is 29.8 Å². The van der Waals surface area contributed by atoms with Gasteiger partial charge in [0.05, 0.1) is 11.3 Å². The maximum Gasteiger partial charge on any atom is 0.242 e. The molecule has 26 heavy (non-hydrogen) atoms. The summed E-state index contributed by atoms with van der Waals surface area (Å²) in [6.07, 6.45) is 1.03. The number of hydrogen-bond acceptors (Lipinski definition) is 3. The van der Waals surface area contributed by atoms with Crippen molar-refractivity contribution in [3.05, 3.63) is 64.2 Å². The van der Waals surface area contributed by atoms with E-state index >= 15 is 0 Å². The zero-order chi connectivity index (χ0) is 18.9. The molecule has 3 rings (SSSR count). The van der Waals surface area contributed by atoms with Crippen LogP contribution < -0.4 is 0 Å². The Bertz CT molecular complexity index is 924. The molecule has 1 amide bonds. The number of fused-ring (bicyclic) bond motifs is 1. The van der Waals surface area contributed by atoms with Gasteiger partial charge >= 0.3 is 0 Å². The van der Waals surface area contributed by atoms with Crippen LogP contribution in [0.15, 0.2) is 47.4 Å². The topological polar surface area (TPSA) is 57.7 Å². The SMILES string of the molecule is CN(C)S(=O)(=O)c1ccc2c(c1)CN(C(=O)Cc1ccc(Cl)cc1)CC2. The van der Waals surface area contributed by atoms with E-state index in [0.717, 1.165) is 23.1 Å². The van der Waals surface area contributed by atoms with Crippen molar-refractivity contribution >= 4 is 27.5 Å². The molecular weight excluding hydrogens is 372 g/mol. The summed E-state index contributed by atoms with van der Waals surface area (Å²) in [4.78, 5) is 14.7. The van der Waals surface area contributed by atoms with Crippen molar-refractivity contribution < 1.29 is 13.2 Å². The lowest BCUT2D eigenvalue weighted by atomic mass is 9.99. The third-order valence-corrected chi connectivity index (χ3v) is 6.65. The molecule has 1 aliphatic rings. The lowest BCUT2D eigenvalue weighted by molar-refractivity contribution is -0.131. The Morgan fingerprint density at radius 3 is 2.46 bits per heavy atom.